The Labute approximate surface area is 154 Å². The molecule has 0 aliphatic rings. The van der Waals surface area contributed by atoms with Crippen LogP contribution in [0.2, 0.25) is 0 Å². The minimum atomic E-state index is 1.32. The van der Waals surface area contributed by atoms with Crippen molar-refractivity contribution in [3.63, 3.8) is 0 Å². The van der Waals surface area contributed by atoms with Gasteiger partial charge >= 0.3 is 0 Å². The van der Waals surface area contributed by atoms with Crippen molar-refractivity contribution in [2.45, 2.75) is 48.5 Å². The fraction of sp³-hybridized carbons (Fsp3) is 0.280. The average molecular weight is 333 g/mol. The Balaban J connectivity index is 0.000000264. The van der Waals surface area contributed by atoms with Gasteiger partial charge in [0.1, 0.15) is 0 Å². The molecule has 3 aromatic carbocycles. The lowest BCUT2D eigenvalue weighted by Crippen LogP contribution is -1.87. The van der Waals surface area contributed by atoms with Crippen molar-refractivity contribution >= 4 is 0 Å². The minimum absolute atomic E-state index is 1.32. The van der Waals surface area contributed by atoms with E-state index >= 15 is 0 Å². The molecule has 0 aliphatic carbocycles. The summed E-state index contributed by atoms with van der Waals surface area (Å²) in [6.45, 7) is 14.7. The highest BCUT2D eigenvalue weighted by Gasteiger charge is 2.03. The summed E-state index contributed by atoms with van der Waals surface area (Å²) >= 11 is 0. The summed E-state index contributed by atoms with van der Waals surface area (Å²) in [5.74, 6) is 0. The van der Waals surface area contributed by atoms with Crippen LogP contribution in [0.15, 0.2) is 66.7 Å². The molecule has 0 radical (unpaired) electrons. The van der Waals surface area contributed by atoms with E-state index in [1.54, 1.807) is 0 Å². The summed E-state index contributed by atoms with van der Waals surface area (Å²) in [7, 11) is 0. The summed E-state index contributed by atoms with van der Waals surface area (Å²) in [5, 5.41) is 0. The van der Waals surface area contributed by atoms with Crippen molar-refractivity contribution in [1.82, 2.24) is 0 Å². The van der Waals surface area contributed by atoms with E-state index < -0.39 is 0 Å². The van der Waals surface area contributed by atoms with E-state index in [1.807, 2.05) is 13.8 Å². The van der Waals surface area contributed by atoms with Crippen LogP contribution < -0.4 is 0 Å². The van der Waals surface area contributed by atoms with Crippen molar-refractivity contribution in [3.05, 3.63) is 94.5 Å². The zero-order valence-electron chi connectivity index (χ0n) is 16.9. The van der Waals surface area contributed by atoms with E-state index in [4.69, 9.17) is 0 Å². The molecule has 0 N–H and O–H groups in total. The molecule has 3 aromatic rings. The van der Waals surface area contributed by atoms with E-state index in [2.05, 4.69) is 101 Å². The molecule has 0 saturated heterocycles. The Morgan fingerprint density at radius 1 is 0.440 bits per heavy atom. The Morgan fingerprint density at radius 3 is 1.40 bits per heavy atom. The van der Waals surface area contributed by atoms with Gasteiger partial charge in [0.2, 0.25) is 0 Å². The highest BCUT2D eigenvalue weighted by molar-refractivity contribution is 5.70. The number of benzene rings is 3. The molecular formula is C25H32. The second-order valence-corrected chi connectivity index (χ2v) is 6.29. The van der Waals surface area contributed by atoms with Gasteiger partial charge in [-0.1, -0.05) is 97.3 Å². The van der Waals surface area contributed by atoms with Gasteiger partial charge in [-0.3, -0.25) is 0 Å². The van der Waals surface area contributed by atoms with Gasteiger partial charge in [0, 0.05) is 0 Å². The highest BCUT2D eigenvalue weighted by Crippen LogP contribution is 2.27. The van der Waals surface area contributed by atoms with Gasteiger partial charge in [-0.25, -0.2) is 0 Å². The predicted molar refractivity (Wildman–Crippen MR) is 113 cm³/mol. The van der Waals surface area contributed by atoms with Gasteiger partial charge < -0.3 is 0 Å². The van der Waals surface area contributed by atoms with Crippen molar-refractivity contribution in [3.8, 4) is 11.1 Å². The number of hydrogen-bond donors (Lipinski definition) is 0. The average Bonchev–Trinajstić information content (AvgIpc) is 2.63. The maximum absolute atomic E-state index is 2.26. The quantitative estimate of drug-likeness (QED) is 0.430. The molecule has 0 saturated carbocycles. The second kappa shape index (κ2) is 10.5. The van der Waals surface area contributed by atoms with Crippen LogP contribution >= 0.6 is 0 Å². The Morgan fingerprint density at radius 2 is 0.880 bits per heavy atom. The van der Waals surface area contributed by atoms with Crippen LogP contribution in [0.5, 0.6) is 0 Å². The minimum Gasteiger partial charge on any atom is -0.0683 e. The Hall–Kier alpha value is -2.34. The van der Waals surface area contributed by atoms with Crippen LogP contribution in [0, 0.1) is 34.6 Å². The summed E-state index contributed by atoms with van der Waals surface area (Å²) in [6.07, 6.45) is 0. The monoisotopic (exact) mass is 332 g/mol. The SMILES string of the molecule is CC.Cc1ccc(C)c(-c2ccccc2C)c1.Cc1ccc(C)cc1. The first-order chi connectivity index (χ1) is 12.0. The van der Waals surface area contributed by atoms with Gasteiger partial charge in [0.15, 0.2) is 0 Å². The fourth-order valence-electron chi connectivity index (χ4n) is 2.54. The first-order valence-corrected chi connectivity index (χ1v) is 9.14. The van der Waals surface area contributed by atoms with E-state index in [1.165, 1.54) is 38.9 Å². The van der Waals surface area contributed by atoms with Gasteiger partial charge in [0.05, 0.1) is 0 Å². The molecule has 0 unspecified atom stereocenters. The summed E-state index contributed by atoms with van der Waals surface area (Å²) in [4.78, 5) is 0. The maximum Gasteiger partial charge on any atom is -0.0149 e. The van der Waals surface area contributed by atoms with E-state index in [0.29, 0.717) is 0 Å². The molecule has 0 fully saturated rings. The van der Waals surface area contributed by atoms with Crippen LogP contribution in [-0.4, -0.2) is 0 Å². The molecule has 0 atom stereocenters. The maximum atomic E-state index is 2.26. The lowest BCUT2D eigenvalue weighted by Gasteiger charge is -2.09. The van der Waals surface area contributed by atoms with Crippen LogP contribution in [0.1, 0.15) is 41.7 Å². The third kappa shape index (κ3) is 6.58. The summed E-state index contributed by atoms with van der Waals surface area (Å²) in [5.41, 5.74) is 9.36. The van der Waals surface area contributed by atoms with Gasteiger partial charge in [0.25, 0.3) is 0 Å². The summed E-state index contributed by atoms with van der Waals surface area (Å²) in [6, 6.07) is 23.6. The lowest BCUT2D eigenvalue weighted by molar-refractivity contribution is 1.37. The van der Waals surface area contributed by atoms with Crippen molar-refractivity contribution in [2.75, 3.05) is 0 Å². The van der Waals surface area contributed by atoms with Crippen molar-refractivity contribution < 1.29 is 0 Å². The standard InChI is InChI=1S/C15H16.C8H10.C2H6/c1-11-8-9-13(3)15(10-11)14-7-5-4-6-12(14)2;1-7-3-5-8(2)6-4-7;1-2/h4-10H,1-3H3;3-6H,1-2H3;1-2H3. The molecule has 0 spiro atoms. The number of aryl methyl sites for hydroxylation is 5. The molecule has 0 aliphatic heterocycles. The van der Waals surface area contributed by atoms with Crippen LogP contribution in [0.3, 0.4) is 0 Å². The smallest absolute Gasteiger partial charge is 0.0149 e. The highest BCUT2D eigenvalue weighted by atomic mass is 14.1. The molecule has 0 nitrogen and oxygen atoms in total. The van der Waals surface area contributed by atoms with E-state index in [0.717, 1.165) is 0 Å². The molecule has 0 amide bonds. The first-order valence-electron chi connectivity index (χ1n) is 9.14. The van der Waals surface area contributed by atoms with E-state index in [9.17, 15) is 0 Å². The van der Waals surface area contributed by atoms with Gasteiger partial charge in [-0.15, -0.1) is 0 Å². The van der Waals surface area contributed by atoms with Crippen LogP contribution in [-0.2, 0) is 0 Å². The lowest BCUT2D eigenvalue weighted by atomic mass is 9.95. The Bertz CT molecular complexity index is 743. The molecule has 3 rings (SSSR count). The molecular weight excluding hydrogens is 300 g/mol. The molecule has 0 bridgehead atoms. The van der Waals surface area contributed by atoms with Crippen LogP contribution in [0.25, 0.3) is 11.1 Å². The molecule has 25 heavy (non-hydrogen) atoms. The zero-order valence-corrected chi connectivity index (χ0v) is 16.9. The molecule has 0 aromatic heterocycles. The fourth-order valence-corrected chi connectivity index (χ4v) is 2.54. The van der Waals surface area contributed by atoms with E-state index in [-0.39, 0.29) is 0 Å². The first kappa shape index (κ1) is 20.7. The third-order valence-electron chi connectivity index (χ3n) is 4.05. The van der Waals surface area contributed by atoms with Crippen molar-refractivity contribution in [1.29, 1.82) is 0 Å². The van der Waals surface area contributed by atoms with Crippen molar-refractivity contribution in [2.24, 2.45) is 0 Å². The summed E-state index contributed by atoms with van der Waals surface area (Å²) < 4.78 is 0. The van der Waals surface area contributed by atoms with Crippen LogP contribution in [0.4, 0.5) is 0 Å². The molecule has 0 heterocycles. The third-order valence-corrected chi connectivity index (χ3v) is 4.05. The number of hydrogen-bond acceptors (Lipinski definition) is 0. The number of rotatable bonds is 1. The van der Waals surface area contributed by atoms with Gasteiger partial charge in [-0.05, 0) is 56.9 Å². The second-order valence-electron chi connectivity index (χ2n) is 6.29. The zero-order chi connectivity index (χ0) is 18.8. The van der Waals surface area contributed by atoms with Gasteiger partial charge in [-0.2, -0.15) is 0 Å². The normalized spacial score (nSPS) is 9.40. The molecule has 132 valence electrons. The Kier molecular flexibility index (Phi) is 8.70. The predicted octanol–water partition coefficient (Wildman–Crippen LogP) is 7.61. The molecule has 0 heteroatoms. The topological polar surface area (TPSA) is 0 Å². The largest absolute Gasteiger partial charge is 0.0683 e.